The van der Waals surface area contributed by atoms with Crippen LogP contribution in [0.4, 0.5) is 17.6 Å². The second-order valence-electron chi connectivity index (χ2n) is 8.55. The number of rotatable bonds is 7. The van der Waals surface area contributed by atoms with Gasteiger partial charge in [0.25, 0.3) is 0 Å². The SMILES string of the molecule is CCN(CC)C(=O)C1CCCN1c1nc2c(c(Nc3cc(-c4cccnc4)[nH]n3)n1)CCC2. The summed E-state index contributed by atoms with van der Waals surface area (Å²) in [4.78, 5) is 31.1. The molecule has 3 aromatic rings. The van der Waals surface area contributed by atoms with Gasteiger partial charge in [-0.3, -0.25) is 14.9 Å². The van der Waals surface area contributed by atoms with Crippen molar-refractivity contribution in [1.82, 2.24) is 30.0 Å². The molecule has 1 atom stereocenters. The highest BCUT2D eigenvalue weighted by atomic mass is 16.2. The third-order valence-corrected chi connectivity index (χ3v) is 6.59. The predicted octanol–water partition coefficient (Wildman–Crippen LogP) is 3.33. The fraction of sp³-hybridized carbons (Fsp3) is 0.458. The van der Waals surface area contributed by atoms with E-state index in [1.165, 1.54) is 0 Å². The molecule has 1 saturated heterocycles. The molecule has 0 saturated carbocycles. The summed E-state index contributed by atoms with van der Waals surface area (Å²) < 4.78 is 0. The molecule has 1 aliphatic heterocycles. The van der Waals surface area contributed by atoms with Gasteiger partial charge in [-0.25, -0.2) is 4.98 Å². The first-order chi connectivity index (χ1) is 16.2. The van der Waals surface area contributed by atoms with Crippen LogP contribution in [-0.2, 0) is 17.6 Å². The molecule has 1 fully saturated rings. The second-order valence-corrected chi connectivity index (χ2v) is 8.55. The number of nitrogens with zero attached hydrogens (tertiary/aromatic N) is 6. The van der Waals surface area contributed by atoms with Crippen LogP contribution >= 0.6 is 0 Å². The summed E-state index contributed by atoms with van der Waals surface area (Å²) in [6.45, 7) is 6.28. The molecular weight excluding hydrogens is 416 g/mol. The summed E-state index contributed by atoms with van der Waals surface area (Å²) >= 11 is 0. The lowest BCUT2D eigenvalue weighted by atomic mass is 10.2. The summed E-state index contributed by atoms with van der Waals surface area (Å²) in [5.74, 6) is 2.30. The van der Waals surface area contributed by atoms with Crippen molar-refractivity contribution >= 4 is 23.5 Å². The molecule has 2 N–H and O–H groups in total. The Morgan fingerprint density at radius 2 is 2.12 bits per heavy atom. The minimum atomic E-state index is -0.195. The number of nitrogens with one attached hydrogen (secondary N) is 2. The number of fused-ring (bicyclic) bond motifs is 1. The fourth-order valence-corrected chi connectivity index (χ4v) is 4.84. The van der Waals surface area contributed by atoms with Crippen molar-refractivity contribution in [2.75, 3.05) is 29.9 Å². The predicted molar refractivity (Wildman–Crippen MR) is 127 cm³/mol. The van der Waals surface area contributed by atoms with Gasteiger partial charge in [0.15, 0.2) is 5.82 Å². The number of likely N-dealkylation sites (N-methyl/N-ethyl adjacent to an activating group) is 1. The molecule has 9 heteroatoms. The van der Waals surface area contributed by atoms with E-state index in [2.05, 4.69) is 25.4 Å². The van der Waals surface area contributed by atoms with Crippen LogP contribution in [0.3, 0.4) is 0 Å². The third-order valence-electron chi connectivity index (χ3n) is 6.59. The monoisotopic (exact) mass is 446 g/mol. The molecule has 1 aliphatic carbocycles. The van der Waals surface area contributed by atoms with E-state index in [9.17, 15) is 4.79 Å². The Hall–Kier alpha value is -3.49. The van der Waals surface area contributed by atoms with E-state index in [0.717, 1.165) is 80.1 Å². The van der Waals surface area contributed by atoms with Gasteiger partial charge in [-0.1, -0.05) is 0 Å². The number of H-pyrrole nitrogens is 1. The van der Waals surface area contributed by atoms with Gasteiger partial charge in [0.05, 0.1) is 11.4 Å². The highest BCUT2D eigenvalue weighted by Crippen LogP contribution is 2.33. The maximum absolute atomic E-state index is 13.1. The molecule has 2 aliphatic rings. The normalized spacial score (nSPS) is 17.3. The number of aromatic amines is 1. The largest absolute Gasteiger partial charge is 0.341 e. The number of hydrogen-bond acceptors (Lipinski definition) is 7. The van der Waals surface area contributed by atoms with Gasteiger partial charge in [-0.15, -0.1) is 0 Å². The van der Waals surface area contributed by atoms with Crippen molar-refractivity contribution in [2.24, 2.45) is 0 Å². The number of aromatic nitrogens is 5. The first-order valence-corrected chi connectivity index (χ1v) is 11.9. The number of amides is 1. The Morgan fingerprint density at radius 1 is 1.24 bits per heavy atom. The molecule has 5 rings (SSSR count). The van der Waals surface area contributed by atoms with Crippen LogP contribution in [0.1, 0.15) is 44.4 Å². The zero-order chi connectivity index (χ0) is 22.8. The van der Waals surface area contributed by atoms with E-state index >= 15 is 0 Å². The summed E-state index contributed by atoms with van der Waals surface area (Å²) in [5, 5.41) is 10.9. The average Bonchev–Trinajstić information content (AvgIpc) is 3.60. The Morgan fingerprint density at radius 3 is 2.91 bits per heavy atom. The topological polar surface area (TPSA) is 103 Å². The van der Waals surface area contributed by atoms with Crippen LogP contribution in [0, 0.1) is 0 Å². The van der Waals surface area contributed by atoms with Crippen LogP contribution in [0.2, 0.25) is 0 Å². The molecule has 3 aromatic heterocycles. The van der Waals surface area contributed by atoms with Crippen molar-refractivity contribution < 1.29 is 4.79 Å². The molecule has 1 amide bonds. The molecule has 0 radical (unpaired) electrons. The van der Waals surface area contributed by atoms with Crippen molar-refractivity contribution in [1.29, 1.82) is 0 Å². The highest BCUT2D eigenvalue weighted by Gasteiger charge is 2.35. The van der Waals surface area contributed by atoms with Gasteiger partial charge < -0.3 is 15.1 Å². The van der Waals surface area contributed by atoms with Crippen molar-refractivity contribution in [3.05, 3.63) is 41.9 Å². The first-order valence-electron chi connectivity index (χ1n) is 11.9. The van der Waals surface area contributed by atoms with Crippen LogP contribution in [0.15, 0.2) is 30.6 Å². The van der Waals surface area contributed by atoms with Crippen LogP contribution in [-0.4, -0.2) is 61.6 Å². The zero-order valence-corrected chi connectivity index (χ0v) is 19.2. The Kier molecular flexibility index (Phi) is 5.93. The minimum absolute atomic E-state index is 0.171. The molecule has 1 unspecified atom stereocenters. The molecule has 172 valence electrons. The first kappa shape index (κ1) is 21.4. The number of pyridine rings is 1. The van der Waals surface area contributed by atoms with Crippen molar-refractivity contribution in [3.63, 3.8) is 0 Å². The minimum Gasteiger partial charge on any atom is -0.341 e. The van der Waals surface area contributed by atoms with Gasteiger partial charge in [0.1, 0.15) is 11.9 Å². The lowest BCUT2D eigenvalue weighted by molar-refractivity contribution is -0.132. The molecule has 9 nitrogen and oxygen atoms in total. The van der Waals surface area contributed by atoms with Gasteiger partial charge >= 0.3 is 0 Å². The maximum Gasteiger partial charge on any atom is 0.245 e. The number of carbonyl (C=O) groups is 1. The van der Waals surface area contributed by atoms with E-state index in [1.54, 1.807) is 12.4 Å². The summed E-state index contributed by atoms with van der Waals surface area (Å²) in [5.41, 5.74) is 4.09. The highest BCUT2D eigenvalue weighted by molar-refractivity contribution is 5.85. The fourth-order valence-electron chi connectivity index (χ4n) is 4.84. The van der Waals surface area contributed by atoms with Gasteiger partial charge in [0.2, 0.25) is 11.9 Å². The number of hydrogen-bond donors (Lipinski definition) is 2. The lowest BCUT2D eigenvalue weighted by Crippen LogP contribution is -2.46. The van der Waals surface area contributed by atoms with Crippen molar-refractivity contribution in [3.8, 4) is 11.3 Å². The second kappa shape index (κ2) is 9.17. The molecule has 33 heavy (non-hydrogen) atoms. The standard InChI is InChI=1S/C24H30N8O/c1-3-31(4-2)23(33)20-11-7-13-32(20)24-26-18-10-5-9-17(18)22(28-24)27-21-14-19(29-30-21)16-8-6-12-25-15-16/h6,8,12,14-15,20H,3-5,7,9-11,13H2,1-2H3,(H2,26,27,28,29,30). The Labute approximate surface area is 193 Å². The van der Waals surface area contributed by atoms with E-state index in [1.807, 2.05) is 36.9 Å². The Balaban J connectivity index is 1.43. The summed E-state index contributed by atoms with van der Waals surface area (Å²) in [7, 11) is 0. The van der Waals surface area contributed by atoms with E-state index in [0.29, 0.717) is 11.8 Å². The lowest BCUT2D eigenvalue weighted by Gasteiger charge is -2.29. The smallest absolute Gasteiger partial charge is 0.245 e. The third kappa shape index (κ3) is 4.15. The van der Waals surface area contributed by atoms with Gasteiger partial charge in [-0.2, -0.15) is 10.1 Å². The Bertz CT molecular complexity index is 1120. The maximum atomic E-state index is 13.1. The molecule has 0 aromatic carbocycles. The zero-order valence-electron chi connectivity index (χ0n) is 19.2. The quantitative estimate of drug-likeness (QED) is 0.574. The van der Waals surface area contributed by atoms with Gasteiger partial charge in [0, 0.05) is 49.2 Å². The number of anilines is 3. The van der Waals surface area contributed by atoms with E-state index < -0.39 is 0 Å². The van der Waals surface area contributed by atoms with Gasteiger partial charge in [-0.05, 0) is 58.1 Å². The average molecular weight is 447 g/mol. The molecule has 4 heterocycles. The molecule has 0 spiro atoms. The van der Waals surface area contributed by atoms with E-state index in [4.69, 9.17) is 9.97 Å². The van der Waals surface area contributed by atoms with E-state index in [-0.39, 0.29) is 11.9 Å². The van der Waals surface area contributed by atoms with Crippen molar-refractivity contribution in [2.45, 2.75) is 52.0 Å². The van der Waals surface area contributed by atoms with Crippen LogP contribution < -0.4 is 10.2 Å². The van der Waals surface area contributed by atoms with Crippen LogP contribution in [0.25, 0.3) is 11.3 Å². The van der Waals surface area contributed by atoms with Crippen LogP contribution in [0.5, 0.6) is 0 Å². The number of carbonyl (C=O) groups excluding carboxylic acids is 1. The molecular formula is C24H30N8O. The summed E-state index contributed by atoms with van der Waals surface area (Å²) in [6, 6.07) is 5.66. The number of aryl methyl sites for hydroxylation is 1. The summed E-state index contributed by atoms with van der Waals surface area (Å²) in [6.07, 6.45) is 8.30. The molecule has 0 bridgehead atoms.